The highest BCUT2D eigenvalue weighted by Gasteiger charge is 2.45. The Hall–Kier alpha value is -3.14. The third-order valence-corrected chi connectivity index (χ3v) is 7.08. The molecule has 0 saturated heterocycles. The molecule has 0 aromatic heterocycles. The maximum Gasteiger partial charge on any atom is 0.511 e. The number of carboxylic acid groups (broad SMARTS) is 1. The zero-order valence-corrected chi connectivity index (χ0v) is 25.9. The summed E-state index contributed by atoms with van der Waals surface area (Å²) in [6, 6.07) is 3.97. The number of benzene rings is 1. The SMILES string of the molecule is CCC(C)(C)OC(=O)O[C@](Cc1ccc(OC(=O)C(C)(C)CC)c(OC(=O)C(C)(C)CC)c1)(NC(C)C)C(=O)O. The number of hydrogen-bond donors (Lipinski definition) is 2. The maximum atomic E-state index is 13.0. The van der Waals surface area contributed by atoms with Gasteiger partial charge >= 0.3 is 24.1 Å². The largest absolute Gasteiger partial charge is 0.511 e. The first-order valence-electron chi connectivity index (χ1n) is 13.7. The van der Waals surface area contributed by atoms with Crippen molar-refractivity contribution in [2.45, 2.75) is 119 Å². The molecule has 0 amide bonds. The van der Waals surface area contributed by atoms with Gasteiger partial charge in [-0.3, -0.25) is 14.9 Å². The lowest BCUT2D eigenvalue weighted by Gasteiger charge is -2.33. The number of carbonyl (C=O) groups is 4. The van der Waals surface area contributed by atoms with Gasteiger partial charge in [-0.2, -0.15) is 0 Å². The Kier molecular flexibility index (Phi) is 11.8. The van der Waals surface area contributed by atoms with E-state index < -0.39 is 52.3 Å². The van der Waals surface area contributed by atoms with Gasteiger partial charge in [0, 0.05) is 12.5 Å². The number of carbonyl (C=O) groups excluding carboxylic acids is 3. The Balaban J connectivity index is 3.59. The van der Waals surface area contributed by atoms with Crippen LogP contribution in [0, 0.1) is 10.8 Å². The Morgan fingerprint density at radius 3 is 1.73 bits per heavy atom. The molecule has 0 saturated carbocycles. The molecule has 1 rings (SSSR count). The van der Waals surface area contributed by atoms with Gasteiger partial charge in [-0.1, -0.05) is 26.8 Å². The molecule has 10 heteroatoms. The van der Waals surface area contributed by atoms with E-state index in [4.69, 9.17) is 18.9 Å². The fourth-order valence-electron chi connectivity index (χ4n) is 3.10. The molecular weight excluding hydrogens is 518 g/mol. The van der Waals surface area contributed by atoms with Crippen LogP contribution in [0.1, 0.15) is 101 Å². The van der Waals surface area contributed by atoms with E-state index in [0.717, 1.165) is 0 Å². The predicted octanol–water partition coefficient (Wildman–Crippen LogP) is 6.03. The van der Waals surface area contributed by atoms with Crippen molar-refractivity contribution in [3.05, 3.63) is 23.8 Å². The van der Waals surface area contributed by atoms with Gasteiger partial charge in [-0.25, -0.2) is 9.59 Å². The zero-order valence-electron chi connectivity index (χ0n) is 25.9. The van der Waals surface area contributed by atoms with Gasteiger partial charge in [0.1, 0.15) is 5.60 Å². The first kappa shape index (κ1) is 34.9. The second-order valence-electron chi connectivity index (χ2n) is 12.2. The fourth-order valence-corrected chi connectivity index (χ4v) is 3.10. The highest BCUT2D eigenvalue weighted by atomic mass is 16.8. The van der Waals surface area contributed by atoms with Crippen molar-refractivity contribution in [1.82, 2.24) is 5.32 Å². The summed E-state index contributed by atoms with van der Waals surface area (Å²) in [5.74, 6) is -2.55. The molecule has 0 heterocycles. The van der Waals surface area contributed by atoms with Crippen LogP contribution in [-0.2, 0) is 30.3 Å². The Morgan fingerprint density at radius 1 is 0.800 bits per heavy atom. The Bertz CT molecular complexity index is 1070. The van der Waals surface area contributed by atoms with Gasteiger partial charge in [0.15, 0.2) is 11.5 Å². The summed E-state index contributed by atoms with van der Waals surface area (Å²) in [4.78, 5) is 51.0. The third kappa shape index (κ3) is 9.50. The van der Waals surface area contributed by atoms with Crippen molar-refractivity contribution in [2.75, 3.05) is 0 Å². The smallest absolute Gasteiger partial charge is 0.477 e. The summed E-state index contributed by atoms with van der Waals surface area (Å²) in [6.07, 6.45) is 0.00206. The monoisotopic (exact) mass is 565 g/mol. The normalized spacial score (nSPS) is 13.8. The van der Waals surface area contributed by atoms with E-state index in [1.807, 2.05) is 20.8 Å². The molecule has 0 radical (unpaired) electrons. The van der Waals surface area contributed by atoms with Gasteiger partial charge in [0.2, 0.25) is 0 Å². The Labute approximate surface area is 238 Å². The van der Waals surface area contributed by atoms with Crippen LogP contribution in [0.4, 0.5) is 4.79 Å². The number of carboxylic acids is 1. The molecular formula is C30H47NO9. The molecule has 40 heavy (non-hydrogen) atoms. The van der Waals surface area contributed by atoms with Gasteiger partial charge in [0.05, 0.1) is 10.8 Å². The quantitative estimate of drug-likeness (QED) is 0.156. The van der Waals surface area contributed by atoms with Gasteiger partial charge in [-0.15, -0.1) is 0 Å². The van der Waals surface area contributed by atoms with Crippen LogP contribution < -0.4 is 14.8 Å². The average molecular weight is 566 g/mol. The molecule has 0 aliphatic heterocycles. The van der Waals surface area contributed by atoms with E-state index in [-0.39, 0.29) is 17.9 Å². The third-order valence-electron chi connectivity index (χ3n) is 7.08. The second-order valence-corrected chi connectivity index (χ2v) is 12.2. The van der Waals surface area contributed by atoms with Gasteiger partial charge < -0.3 is 24.1 Å². The maximum absolute atomic E-state index is 13.0. The minimum absolute atomic E-state index is 0.0123. The molecule has 10 nitrogen and oxygen atoms in total. The first-order valence-corrected chi connectivity index (χ1v) is 13.7. The second kappa shape index (κ2) is 13.5. The molecule has 1 aromatic rings. The van der Waals surface area contributed by atoms with Crippen molar-refractivity contribution in [2.24, 2.45) is 10.8 Å². The van der Waals surface area contributed by atoms with Crippen LogP contribution in [0.15, 0.2) is 18.2 Å². The summed E-state index contributed by atoms with van der Waals surface area (Å²) in [6.45, 7) is 19.2. The summed E-state index contributed by atoms with van der Waals surface area (Å²) >= 11 is 0. The summed E-state index contributed by atoms with van der Waals surface area (Å²) < 4.78 is 22.1. The highest BCUT2D eigenvalue weighted by Crippen LogP contribution is 2.35. The molecule has 0 aliphatic rings. The van der Waals surface area contributed by atoms with E-state index in [1.54, 1.807) is 55.4 Å². The molecule has 0 unspecified atom stereocenters. The lowest BCUT2D eigenvalue weighted by molar-refractivity contribution is -0.169. The standard InChI is InChI=1S/C30H47NO9/c1-12-27(6,7)24(34)37-21-16-15-20(17-22(21)38-25(35)28(8,9)13-2)18-30(23(32)33,31-19(4)5)40-26(36)39-29(10,11)14-3/h15-17,19,31H,12-14,18H2,1-11H3,(H,32,33)/t30-/m0/s1. The average Bonchev–Trinajstić information content (AvgIpc) is 2.84. The van der Waals surface area contributed by atoms with E-state index in [2.05, 4.69) is 5.32 Å². The van der Waals surface area contributed by atoms with Crippen LogP contribution in [0.3, 0.4) is 0 Å². The summed E-state index contributed by atoms with van der Waals surface area (Å²) in [5, 5.41) is 13.1. The van der Waals surface area contributed by atoms with Crippen LogP contribution in [0.25, 0.3) is 0 Å². The molecule has 0 aliphatic carbocycles. The molecule has 0 spiro atoms. The molecule has 0 bridgehead atoms. The number of ether oxygens (including phenoxy) is 4. The minimum atomic E-state index is -2.21. The van der Waals surface area contributed by atoms with Crippen molar-refractivity contribution >= 4 is 24.1 Å². The fraction of sp³-hybridized carbons (Fsp3) is 0.667. The summed E-state index contributed by atoms with van der Waals surface area (Å²) in [7, 11) is 0. The molecule has 226 valence electrons. The van der Waals surface area contributed by atoms with Crippen LogP contribution in [-0.4, -0.2) is 46.5 Å². The molecule has 0 fully saturated rings. The number of esters is 2. The van der Waals surface area contributed by atoms with E-state index in [1.165, 1.54) is 18.2 Å². The van der Waals surface area contributed by atoms with Crippen LogP contribution in [0.5, 0.6) is 11.5 Å². The van der Waals surface area contributed by atoms with E-state index in [9.17, 15) is 24.3 Å². The van der Waals surface area contributed by atoms with Crippen molar-refractivity contribution in [3.8, 4) is 11.5 Å². The highest BCUT2D eigenvalue weighted by molar-refractivity contribution is 5.82. The lowest BCUT2D eigenvalue weighted by atomic mass is 9.90. The van der Waals surface area contributed by atoms with Crippen molar-refractivity contribution < 1.29 is 43.2 Å². The van der Waals surface area contributed by atoms with Crippen LogP contribution >= 0.6 is 0 Å². The number of nitrogens with one attached hydrogen (secondary N) is 1. The lowest BCUT2D eigenvalue weighted by Crippen LogP contribution is -2.59. The minimum Gasteiger partial charge on any atom is -0.477 e. The number of rotatable bonds is 14. The van der Waals surface area contributed by atoms with Gasteiger partial charge in [-0.05, 0) is 92.3 Å². The summed E-state index contributed by atoms with van der Waals surface area (Å²) in [5.41, 5.74) is -4.36. The van der Waals surface area contributed by atoms with E-state index >= 15 is 0 Å². The van der Waals surface area contributed by atoms with Crippen molar-refractivity contribution in [1.29, 1.82) is 0 Å². The van der Waals surface area contributed by atoms with Gasteiger partial charge in [0.25, 0.3) is 5.72 Å². The number of hydrogen-bond acceptors (Lipinski definition) is 9. The predicted molar refractivity (Wildman–Crippen MR) is 150 cm³/mol. The molecule has 2 N–H and O–H groups in total. The Morgan fingerprint density at radius 2 is 1.30 bits per heavy atom. The number of aliphatic carboxylic acids is 1. The van der Waals surface area contributed by atoms with Crippen LogP contribution in [0.2, 0.25) is 0 Å². The first-order chi connectivity index (χ1) is 18.2. The molecule has 1 aromatic carbocycles. The molecule has 1 atom stereocenters. The van der Waals surface area contributed by atoms with Crippen molar-refractivity contribution in [3.63, 3.8) is 0 Å². The van der Waals surface area contributed by atoms with E-state index in [0.29, 0.717) is 24.8 Å². The topological polar surface area (TPSA) is 137 Å². The zero-order chi connectivity index (χ0) is 31.1.